The van der Waals surface area contributed by atoms with Crippen LogP contribution in [0.1, 0.15) is 130 Å². The number of hydrogen-bond acceptors (Lipinski definition) is 2. The normalized spacial score (nSPS) is 14.3. The van der Waals surface area contributed by atoms with Crippen molar-refractivity contribution in [1.82, 2.24) is 0 Å². The Bertz CT molecular complexity index is 980. The van der Waals surface area contributed by atoms with Gasteiger partial charge in [-0.15, -0.1) is 0 Å². The molecule has 0 aromatic rings. The van der Waals surface area contributed by atoms with E-state index in [2.05, 4.69) is 27.7 Å². The molecular weight excluding hydrogens is 765 g/mol. The number of carboxylic acid groups (broad SMARTS) is 1. The Morgan fingerprint density at radius 1 is 0.377 bits per heavy atom. The first kappa shape index (κ1) is 53.3. The SMILES string of the molecule is CCCCCC[N+](CCCCCC)(CCCCCC)CCCCCC.O=C([O-])C(F)(F)C(F)(F)C(F)(F)C(F)(F)C(F)(F)C(F)(F)C(F)(F)C(F)(F)F. The van der Waals surface area contributed by atoms with Gasteiger partial charge in [-0.25, -0.2) is 0 Å². The van der Waals surface area contributed by atoms with E-state index >= 15 is 0 Å². The molecule has 0 atom stereocenters. The minimum Gasteiger partial charge on any atom is -0.544 e. The lowest BCUT2D eigenvalue weighted by atomic mass is 9.89. The Hall–Kier alpha value is -1.76. The van der Waals surface area contributed by atoms with Crippen molar-refractivity contribution < 1.29 is 89.0 Å². The van der Waals surface area contributed by atoms with Gasteiger partial charge in [0.25, 0.3) is 0 Å². The molecule has 0 radical (unpaired) electrons. The van der Waals surface area contributed by atoms with Crippen LogP contribution in [0.3, 0.4) is 0 Å². The van der Waals surface area contributed by atoms with Crippen molar-refractivity contribution in [3.05, 3.63) is 0 Å². The minimum absolute atomic E-state index is 1.36. The smallest absolute Gasteiger partial charge is 0.460 e. The predicted molar refractivity (Wildman–Crippen MR) is 162 cm³/mol. The largest absolute Gasteiger partial charge is 0.544 e. The summed E-state index contributed by atoms with van der Waals surface area (Å²) < 4.78 is 215. The van der Waals surface area contributed by atoms with Gasteiger partial charge < -0.3 is 14.4 Å². The van der Waals surface area contributed by atoms with Crippen molar-refractivity contribution in [3.63, 3.8) is 0 Å². The minimum atomic E-state index is -8.79. The fraction of sp³-hybridized carbons (Fsp3) is 0.970. The first-order valence-electron chi connectivity index (χ1n) is 17.7. The number of alkyl halides is 17. The Kier molecular flexibility index (Phi) is 21.7. The predicted octanol–water partition coefficient (Wildman–Crippen LogP) is 11.9. The summed E-state index contributed by atoms with van der Waals surface area (Å²) in [5, 5.41) is 9.65. The van der Waals surface area contributed by atoms with Gasteiger partial charge in [0.15, 0.2) is 0 Å². The number of quaternary nitrogens is 1. The topological polar surface area (TPSA) is 40.1 Å². The van der Waals surface area contributed by atoms with Crippen molar-refractivity contribution >= 4 is 5.97 Å². The number of hydrogen-bond donors (Lipinski definition) is 0. The van der Waals surface area contributed by atoms with Gasteiger partial charge in [0, 0.05) is 0 Å². The average molecular weight is 818 g/mol. The third-order valence-corrected chi connectivity index (χ3v) is 8.92. The summed E-state index contributed by atoms with van der Waals surface area (Å²) in [6, 6.07) is 0. The molecule has 0 saturated carbocycles. The Balaban J connectivity index is 0. The molecule has 0 rings (SSSR count). The van der Waals surface area contributed by atoms with Crippen LogP contribution in [-0.2, 0) is 4.79 Å². The van der Waals surface area contributed by atoms with Crippen LogP contribution in [0.2, 0.25) is 0 Å². The standard InChI is InChI=1S/C24H52N.C9HF17O2/c1-5-9-13-17-21-25(22-18-14-10-6-2,23-19-15-11-7-3)24-20-16-12-8-4;10-2(11,1(27)28)3(12,13)4(14,15)5(16,17)6(18,19)7(20,21)8(22,23)9(24,25)26/h5-24H2,1-4H3;(H,27,28)/q+1;/p-1. The number of unbranched alkanes of at least 4 members (excludes halogenated alkanes) is 12. The highest BCUT2D eigenvalue weighted by atomic mass is 19.4. The van der Waals surface area contributed by atoms with Gasteiger partial charge in [-0.05, 0) is 51.4 Å². The molecule has 0 aromatic carbocycles. The summed E-state index contributed by atoms with van der Waals surface area (Å²) in [5.41, 5.74) is 0. The van der Waals surface area contributed by atoms with Gasteiger partial charge in [-0.1, -0.05) is 79.1 Å². The first-order valence-corrected chi connectivity index (χ1v) is 17.7. The molecular formula is C33H52F17NO2. The van der Waals surface area contributed by atoms with E-state index < -0.39 is 53.6 Å². The average Bonchev–Trinajstić information content (AvgIpc) is 3.04. The number of rotatable bonds is 27. The van der Waals surface area contributed by atoms with Crippen LogP contribution < -0.4 is 5.11 Å². The van der Waals surface area contributed by atoms with Crippen molar-refractivity contribution in [2.24, 2.45) is 0 Å². The second-order valence-electron chi connectivity index (χ2n) is 13.3. The number of carbonyl (C=O) groups excluding carboxylic acids is 1. The molecule has 0 aliphatic rings. The van der Waals surface area contributed by atoms with Gasteiger partial charge in [0.1, 0.15) is 5.97 Å². The molecule has 0 bridgehead atoms. The Morgan fingerprint density at radius 2 is 0.604 bits per heavy atom. The maximum Gasteiger partial charge on any atom is 0.460 e. The molecule has 0 spiro atoms. The fourth-order valence-electron chi connectivity index (χ4n) is 5.46. The lowest BCUT2D eigenvalue weighted by molar-refractivity contribution is -0.929. The fourth-order valence-corrected chi connectivity index (χ4v) is 5.46. The number of nitrogens with zero attached hydrogens (tertiary/aromatic N) is 1. The highest BCUT2D eigenvalue weighted by Gasteiger charge is 2.95. The third kappa shape index (κ3) is 12.9. The van der Waals surface area contributed by atoms with Crippen LogP contribution in [0.15, 0.2) is 0 Å². The van der Waals surface area contributed by atoms with E-state index in [-0.39, 0.29) is 0 Å². The van der Waals surface area contributed by atoms with Crippen LogP contribution in [0.25, 0.3) is 0 Å². The molecule has 0 fully saturated rings. The molecule has 3 nitrogen and oxygen atoms in total. The molecule has 0 unspecified atom stereocenters. The van der Waals surface area contributed by atoms with E-state index in [4.69, 9.17) is 0 Å². The zero-order valence-corrected chi connectivity index (χ0v) is 30.3. The molecule has 0 saturated heterocycles. The van der Waals surface area contributed by atoms with Crippen LogP contribution in [-0.4, -0.2) is 84.3 Å². The van der Waals surface area contributed by atoms with Crippen LogP contribution in [0, 0.1) is 0 Å². The summed E-state index contributed by atoms with van der Waals surface area (Å²) in [7, 11) is 0. The molecule has 0 aliphatic heterocycles. The van der Waals surface area contributed by atoms with Crippen molar-refractivity contribution in [3.8, 4) is 0 Å². The van der Waals surface area contributed by atoms with Crippen LogP contribution in [0.5, 0.6) is 0 Å². The maximum atomic E-state index is 13.0. The lowest BCUT2D eigenvalue weighted by Crippen LogP contribution is -2.75. The maximum absolute atomic E-state index is 13.0. The van der Waals surface area contributed by atoms with Gasteiger partial charge in [-0.2, -0.15) is 74.6 Å². The number of carbonyl (C=O) groups is 1. The van der Waals surface area contributed by atoms with Crippen LogP contribution >= 0.6 is 0 Å². The van der Waals surface area contributed by atoms with Gasteiger partial charge in [0.2, 0.25) is 0 Å². The Labute approximate surface area is 299 Å². The second kappa shape index (κ2) is 21.5. The molecule has 0 aliphatic carbocycles. The highest BCUT2D eigenvalue weighted by Crippen LogP contribution is 2.63. The summed E-state index contributed by atoms with van der Waals surface area (Å²) in [6.07, 6.45) is 15.0. The van der Waals surface area contributed by atoms with E-state index in [9.17, 15) is 84.5 Å². The van der Waals surface area contributed by atoms with Gasteiger partial charge in [-0.3, -0.25) is 0 Å². The molecule has 0 N–H and O–H groups in total. The lowest BCUT2D eigenvalue weighted by Gasteiger charge is -2.42. The summed E-state index contributed by atoms with van der Waals surface area (Å²) in [4.78, 5) is 9.65. The zero-order valence-electron chi connectivity index (χ0n) is 30.3. The first-order chi connectivity index (χ1) is 23.9. The monoisotopic (exact) mass is 817 g/mol. The quantitative estimate of drug-likeness (QED) is 0.0471. The number of halogens is 17. The summed E-state index contributed by atoms with van der Waals surface area (Å²) in [6.45, 7) is 15.2. The molecule has 20 heteroatoms. The van der Waals surface area contributed by atoms with E-state index in [0.717, 1.165) is 0 Å². The van der Waals surface area contributed by atoms with Crippen molar-refractivity contribution in [2.45, 2.75) is 178 Å². The van der Waals surface area contributed by atoms with E-state index in [1.54, 1.807) is 0 Å². The van der Waals surface area contributed by atoms with Gasteiger partial charge in [0.05, 0.1) is 26.2 Å². The Morgan fingerprint density at radius 3 is 0.811 bits per heavy atom. The molecule has 53 heavy (non-hydrogen) atoms. The van der Waals surface area contributed by atoms with E-state index in [1.807, 2.05) is 0 Å². The van der Waals surface area contributed by atoms with Crippen LogP contribution in [0.4, 0.5) is 74.6 Å². The summed E-state index contributed by atoms with van der Waals surface area (Å²) in [5.74, 6) is -63.5. The second-order valence-corrected chi connectivity index (χ2v) is 13.3. The molecule has 0 heterocycles. The molecule has 0 amide bonds. The van der Waals surface area contributed by atoms with Crippen molar-refractivity contribution in [1.29, 1.82) is 0 Å². The third-order valence-electron chi connectivity index (χ3n) is 8.92. The number of carboxylic acids is 1. The molecule has 320 valence electrons. The van der Waals surface area contributed by atoms with Crippen molar-refractivity contribution in [2.75, 3.05) is 26.2 Å². The van der Waals surface area contributed by atoms with E-state index in [0.29, 0.717) is 0 Å². The highest BCUT2D eigenvalue weighted by molar-refractivity contribution is 5.75. The number of aliphatic carboxylic acids is 1. The zero-order chi connectivity index (χ0) is 42.2. The molecule has 0 aromatic heterocycles. The van der Waals surface area contributed by atoms with E-state index in [1.165, 1.54) is 133 Å². The van der Waals surface area contributed by atoms with Gasteiger partial charge >= 0.3 is 47.6 Å². The summed E-state index contributed by atoms with van der Waals surface area (Å²) >= 11 is 0.